The van der Waals surface area contributed by atoms with Crippen LogP contribution in [0.2, 0.25) is 0 Å². The van der Waals surface area contributed by atoms with Gasteiger partial charge in [-0.25, -0.2) is 0 Å². The molecule has 76 valence electrons. The van der Waals surface area contributed by atoms with Crippen LogP contribution in [0.25, 0.3) is 0 Å². The second-order valence-electron chi connectivity index (χ2n) is 2.72. The van der Waals surface area contributed by atoms with Crippen molar-refractivity contribution in [2.75, 3.05) is 20.3 Å². The van der Waals surface area contributed by atoms with Gasteiger partial charge in [0.2, 0.25) is 0 Å². The molecule has 0 aliphatic heterocycles. The van der Waals surface area contributed by atoms with E-state index in [-0.39, 0.29) is 5.97 Å². The number of hydrogen-bond acceptors (Lipinski definition) is 3. The Labute approximate surface area is 79.7 Å². The van der Waals surface area contributed by atoms with Crippen LogP contribution in [-0.4, -0.2) is 26.3 Å². The number of ether oxygens (including phenoxy) is 2. The molecule has 0 atom stereocenters. The summed E-state index contributed by atoms with van der Waals surface area (Å²) in [6.07, 6.45) is 5.04. The molecular formula is C10H18O3. The summed E-state index contributed by atoms with van der Waals surface area (Å²) in [6.45, 7) is 4.99. The maximum atomic E-state index is 10.7. The van der Waals surface area contributed by atoms with Crippen molar-refractivity contribution in [1.29, 1.82) is 0 Å². The van der Waals surface area contributed by atoms with E-state index in [0.29, 0.717) is 13.0 Å². The lowest BCUT2D eigenvalue weighted by atomic mass is 10.3. The zero-order chi connectivity index (χ0) is 9.94. The van der Waals surface area contributed by atoms with Crippen LogP contribution in [0, 0.1) is 0 Å². The van der Waals surface area contributed by atoms with E-state index in [1.165, 1.54) is 7.11 Å². The quantitative estimate of drug-likeness (QED) is 0.330. The van der Waals surface area contributed by atoms with Crippen LogP contribution in [0.3, 0.4) is 0 Å². The minimum absolute atomic E-state index is 0.172. The molecule has 0 amide bonds. The van der Waals surface area contributed by atoms with Crippen molar-refractivity contribution < 1.29 is 14.3 Å². The standard InChI is InChI=1S/C10H18O3/c1-3-4-5-8-13-9-6-7-10(11)12-2/h3H,1,4-9H2,2H3. The van der Waals surface area contributed by atoms with E-state index in [2.05, 4.69) is 11.3 Å². The smallest absolute Gasteiger partial charge is 0.305 e. The Kier molecular flexibility index (Phi) is 8.67. The first-order valence-corrected chi connectivity index (χ1v) is 4.56. The van der Waals surface area contributed by atoms with Gasteiger partial charge in [-0.2, -0.15) is 0 Å². The van der Waals surface area contributed by atoms with E-state index in [1.807, 2.05) is 6.08 Å². The van der Waals surface area contributed by atoms with Crippen LogP contribution >= 0.6 is 0 Å². The third-order valence-corrected chi connectivity index (χ3v) is 1.59. The lowest BCUT2D eigenvalue weighted by Crippen LogP contribution is -2.03. The lowest BCUT2D eigenvalue weighted by molar-refractivity contribution is -0.141. The summed E-state index contributed by atoms with van der Waals surface area (Å²) in [6, 6.07) is 0. The molecular weight excluding hydrogens is 168 g/mol. The molecule has 0 heterocycles. The monoisotopic (exact) mass is 186 g/mol. The van der Waals surface area contributed by atoms with Gasteiger partial charge in [-0.05, 0) is 19.3 Å². The molecule has 0 radical (unpaired) electrons. The number of allylic oxidation sites excluding steroid dienone is 1. The van der Waals surface area contributed by atoms with Crippen LogP contribution in [0.15, 0.2) is 12.7 Å². The largest absolute Gasteiger partial charge is 0.469 e. The molecule has 0 aromatic heterocycles. The van der Waals surface area contributed by atoms with Gasteiger partial charge < -0.3 is 9.47 Å². The molecule has 0 saturated heterocycles. The first kappa shape index (κ1) is 12.2. The van der Waals surface area contributed by atoms with Crippen molar-refractivity contribution in [2.24, 2.45) is 0 Å². The fourth-order valence-electron chi connectivity index (χ4n) is 0.852. The summed E-state index contributed by atoms with van der Waals surface area (Å²) < 4.78 is 9.76. The highest BCUT2D eigenvalue weighted by Crippen LogP contribution is 1.95. The van der Waals surface area contributed by atoms with E-state index in [1.54, 1.807) is 0 Å². The van der Waals surface area contributed by atoms with Crippen LogP contribution < -0.4 is 0 Å². The van der Waals surface area contributed by atoms with E-state index in [4.69, 9.17) is 4.74 Å². The Hall–Kier alpha value is -0.830. The molecule has 0 saturated carbocycles. The Morgan fingerprint density at radius 1 is 1.38 bits per heavy atom. The van der Waals surface area contributed by atoms with Gasteiger partial charge in [0.05, 0.1) is 7.11 Å². The van der Waals surface area contributed by atoms with Crippen LogP contribution in [0.4, 0.5) is 0 Å². The van der Waals surface area contributed by atoms with Crippen LogP contribution in [-0.2, 0) is 14.3 Å². The van der Waals surface area contributed by atoms with E-state index in [9.17, 15) is 4.79 Å². The molecule has 0 aliphatic carbocycles. The minimum Gasteiger partial charge on any atom is -0.469 e. The topological polar surface area (TPSA) is 35.5 Å². The Bertz CT molecular complexity index is 143. The second kappa shape index (κ2) is 9.26. The second-order valence-corrected chi connectivity index (χ2v) is 2.72. The van der Waals surface area contributed by atoms with Gasteiger partial charge in [-0.3, -0.25) is 4.79 Å². The molecule has 13 heavy (non-hydrogen) atoms. The molecule has 0 rings (SSSR count). The van der Waals surface area contributed by atoms with Crippen molar-refractivity contribution in [3.05, 3.63) is 12.7 Å². The van der Waals surface area contributed by atoms with Crippen molar-refractivity contribution in [2.45, 2.75) is 25.7 Å². The first-order chi connectivity index (χ1) is 6.31. The third-order valence-electron chi connectivity index (χ3n) is 1.59. The summed E-state index contributed by atoms with van der Waals surface area (Å²) in [7, 11) is 1.40. The SMILES string of the molecule is C=CCCCOCCCC(=O)OC. The minimum atomic E-state index is -0.172. The van der Waals surface area contributed by atoms with E-state index in [0.717, 1.165) is 25.9 Å². The molecule has 3 nitrogen and oxygen atoms in total. The van der Waals surface area contributed by atoms with Gasteiger partial charge in [0.1, 0.15) is 0 Å². The third kappa shape index (κ3) is 9.08. The van der Waals surface area contributed by atoms with Crippen molar-refractivity contribution >= 4 is 5.97 Å². The Morgan fingerprint density at radius 3 is 2.69 bits per heavy atom. The van der Waals surface area contributed by atoms with Gasteiger partial charge in [0.25, 0.3) is 0 Å². The van der Waals surface area contributed by atoms with Gasteiger partial charge in [-0.15, -0.1) is 6.58 Å². The van der Waals surface area contributed by atoms with Crippen molar-refractivity contribution in [1.82, 2.24) is 0 Å². The predicted octanol–water partition coefficient (Wildman–Crippen LogP) is 1.92. The Morgan fingerprint density at radius 2 is 2.08 bits per heavy atom. The number of methoxy groups -OCH3 is 1. The molecule has 3 heteroatoms. The number of esters is 1. The molecule has 0 aliphatic rings. The first-order valence-electron chi connectivity index (χ1n) is 4.56. The number of hydrogen-bond donors (Lipinski definition) is 0. The van der Waals surface area contributed by atoms with Gasteiger partial charge in [-0.1, -0.05) is 6.08 Å². The maximum Gasteiger partial charge on any atom is 0.305 e. The van der Waals surface area contributed by atoms with E-state index < -0.39 is 0 Å². The van der Waals surface area contributed by atoms with E-state index >= 15 is 0 Å². The highest BCUT2D eigenvalue weighted by atomic mass is 16.5. The van der Waals surface area contributed by atoms with Crippen molar-refractivity contribution in [3.63, 3.8) is 0 Å². The molecule has 0 N–H and O–H groups in total. The zero-order valence-electron chi connectivity index (χ0n) is 8.25. The summed E-state index contributed by atoms with van der Waals surface area (Å²) in [5, 5.41) is 0. The zero-order valence-corrected chi connectivity index (χ0v) is 8.25. The lowest BCUT2D eigenvalue weighted by Gasteiger charge is -2.01. The highest BCUT2D eigenvalue weighted by Gasteiger charge is 1.98. The summed E-state index contributed by atoms with van der Waals surface area (Å²) >= 11 is 0. The summed E-state index contributed by atoms with van der Waals surface area (Å²) in [5.74, 6) is -0.172. The summed E-state index contributed by atoms with van der Waals surface area (Å²) in [5.41, 5.74) is 0. The molecule has 0 spiro atoms. The average Bonchev–Trinajstić information content (AvgIpc) is 2.16. The summed E-state index contributed by atoms with van der Waals surface area (Å²) in [4.78, 5) is 10.7. The van der Waals surface area contributed by atoms with Crippen LogP contribution in [0.5, 0.6) is 0 Å². The fraction of sp³-hybridized carbons (Fsp3) is 0.700. The van der Waals surface area contributed by atoms with Gasteiger partial charge >= 0.3 is 5.97 Å². The normalized spacial score (nSPS) is 9.62. The number of carbonyl (C=O) groups is 1. The van der Waals surface area contributed by atoms with Gasteiger partial charge in [0.15, 0.2) is 0 Å². The Balaban J connectivity index is 2.99. The average molecular weight is 186 g/mol. The molecule has 0 aromatic carbocycles. The fourth-order valence-corrected chi connectivity index (χ4v) is 0.852. The molecule has 0 bridgehead atoms. The predicted molar refractivity (Wildman–Crippen MR) is 51.5 cm³/mol. The molecule has 0 fully saturated rings. The number of carbonyl (C=O) groups excluding carboxylic acids is 1. The van der Waals surface area contributed by atoms with Gasteiger partial charge in [0, 0.05) is 19.6 Å². The highest BCUT2D eigenvalue weighted by molar-refractivity contribution is 5.68. The maximum absolute atomic E-state index is 10.7. The molecule has 0 unspecified atom stereocenters. The number of unbranched alkanes of at least 4 members (excludes halogenated alkanes) is 1. The van der Waals surface area contributed by atoms with Crippen LogP contribution in [0.1, 0.15) is 25.7 Å². The molecule has 0 aromatic rings. The van der Waals surface area contributed by atoms with Crippen molar-refractivity contribution in [3.8, 4) is 0 Å². The number of rotatable bonds is 8.